The Kier molecular flexibility index (Phi) is 7.95. The van der Waals surface area contributed by atoms with Gasteiger partial charge < -0.3 is 20.5 Å². The molecule has 0 saturated heterocycles. The number of nitrogens with one attached hydrogen (secondary N) is 1. The number of rotatable bonds is 9. The van der Waals surface area contributed by atoms with E-state index >= 15 is 0 Å². The molecule has 6 nitrogen and oxygen atoms in total. The number of benzene rings is 2. The first-order chi connectivity index (χ1) is 13.1. The van der Waals surface area contributed by atoms with Crippen LogP contribution in [0.25, 0.3) is 0 Å². The minimum absolute atomic E-state index is 0.329. The van der Waals surface area contributed by atoms with Gasteiger partial charge in [-0.05, 0) is 36.3 Å². The standard InChI is InChI=1S/C21H30N4O2/c1-5-25(6-2)15-17-9-7-8-16(12-17)14-23-21(22)24-19-13-18(26-3)10-11-20(19)27-4/h7-13H,5-6,14-15H2,1-4H3,(H3,22,23,24). The number of nitrogens with two attached hydrogens (primary N) is 1. The normalized spacial score (nSPS) is 11.5. The molecule has 2 aromatic rings. The van der Waals surface area contributed by atoms with E-state index in [0.29, 0.717) is 23.9 Å². The molecule has 0 bridgehead atoms. The number of anilines is 1. The van der Waals surface area contributed by atoms with Gasteiger partial charge in [-0.25, -0.2) is 4.99 Å². The fourth-order valence-electron chi connectivity index (χ4n) is 2.80. The summed E-state index contributed by atoms with van der Waals surface area (Å²) in [5.41, 5.74) is 9.19. The van der Waals surface area contributed by atoms with Crippen molar-refractivity contribution in [1.29, 1.82) is 0 Å². The molecule has 0 amide bonds. The van der Waals surface area contributed by atoms with Crippen molar-refractivity contribution in [1.82, 2.24) is 4.90 Å². The number of aliphatic imine (C=N–C) groups is 1. The van der Waals surface area contributed by atoms with Crippen molar-refractivity contribution in [3.05, 3.63) is 53.6 Å². The highest BCUT2D eigenvalue weighted by Gasteiger charge is 2.06. The lowest BCUT2D eigenvalue weighted by Gasteiger charge is -2.18. The van der Waals surface area contributed by atoms with Crippen LogP contribution in [0.3, 0.4) is 0 Å². The maximum atomic E-state index is 6.06. The number of nitrogens with zero attached hydrogens (tertiary/aromatic N) is 2. The van der Waals surface area contributed by atoms with Crippen molar-refractivity contribution in [3.63, 3.8) is 0 Å². The van der Waals surface area contributed by atoms with Crippen molar-refractivity contribution < 1.29 is 9.47 Å². The van der Waals surface area contributed by atoms with Gasteiger partial charge in [0.1, 0.15) is 11.5 Å². The number of hydrogen-bond donors (Lipinski definition) is 2. The number of methoxy groups -OCH3 is 2. The molecule has 2 rings (SSSR count). The predicted molar refractivity (Wildman–Crippen MR) is 112 cm³/mol. The molecule has 0 spiro atoms. The molecular weight excluding hydrogens is 340 g/mol. The molecule has 146 valence electrons. The van der Waals surface area contributed by atoms with Crippen molar-refractivity contribution in [3.8, 4) is 11.5 Å². The van der Waals surface area contributed by atoms with E-state index in [1.54, 1.807) is 14.2 Å². The lowest BCUT2D eigenvalue weighted by Crippen LogP contribution is -2.23. The molecule has 0 unspecified atom stereocenters. The molecule has 6 heteroatoms. The van der Waals surface area contributed by atoms with Crippen LogP contribution in [0.4, 0.5) is 5.69 Å². The minimum atomic E-state index is 0.329. The maximum absolute atomic E-state index is 6.06. The Balaban J connectivity index is 2.05. The molecule has 0 atom stereocenters. The third-order valence-corrected chi connectivity index (χ3v) is 4.39. The van der Waals surface area contributed by atoms with Crippen LogP contribution < -0.4 is 20.5 Å². The molecule has 2 aromatic carbocycles. The molecular formula is C21H30N4O2. The van der Waals surface area contributed by atoms with Gasteiger partial charge in [-0.1, -0.05) is 38.1 Å². The Labute approximate surface area is 162 Å². The summed E-state index contributed by atoms with van der Waals surface area (Å²) in [6, 6.07) is 13.9. The zero-order valence-corrected chi connectivity index (χ0v) is 16.7. The summed E-state index contributed by atoms with van der Waals surface area (Å²) >= 11 is 0. The molecule has 0 fully saturated rings. The van der Waals surface area contributed by atoms with E-state index in [0.717, 1.165) is 30.9 Å². The van der Waals surface area contributed by atoms with Gasteiger partial charge in [-0.2, -0.15) is 0 Å². The number of guanidine groups is 1. The van der Waals surface area contributed by atoms with Crippen LogP contribution in [0.5, 0.6) is 11.5 Å². The largest absolute Gasteiger partial charge is 0.497 e. The third kappa shape index (κ3) is 6.18. The molecule has 0 aliphatic carbocycles. The molecule has 0 radical (unpaired) electrons. The van der Waals surface area contributed by atoms with Crippen molar-refractivity contribution in [2.24, 2.45) is 10.7 Å². The molecule has 27 heavy (non-hydrogen) atoms. The monoisotopic (exact) mass is 370 g/mol. The Morgan fingerprint density at radius 3 is 2.44 bits per heavy atom. The summed E-state index contributed by atoms with van der Waals surface area (Å²) in [5, 5.41) is 3.09. The van der Waals surface area contributed by atoms with Crippen LogP contribution in [0.15, 0.2) is 47.5 Å². The molecule has 0 aliphatic heterocycles. The minimum Gasteiger partial charge on any atom is -0.497 e. The summed E-state index contributed by atoms with van der Waals surface area (Å²) in [4.78, 5) is 6.84. The summed E-state index contributed by atoms with van der Waals surface area (Å²) in [5.74, 6) is 1.72. The molecule has 3 N–H and O–H groups in total. The van der Waals surface area contributed by atoms with E-state index in [9.17, 15) is 0 Å². The summed E-state index contributed by atoms with van der Waals surface area (Å²) in [7, 11) is 3.23. The van der Waals surface area contributed by atoms with Gasteiger partial charge in [-0.15, -0.1) is 0 Å². The Hall–Kier alpha value is -2.73. The quantitative estimate of drug-likeness (QED) is 0.522. The zero-order valence-electron chi connectivity index (χ0n) is 16.7. The molecule has 0 aliphatic rings. The van der Waals surface area contributed by atoms with E-state index in [1.807, 2.05) is 18.2 Å². The van der Waals surface area contributed by atoms with Crippen molar-refractivity contribution in [2.75, 3.05) is 32.6 Å². The van der Waals surface area contributed by atoms with E-state index < -0.39 is 0 Å². The Morgan fingerprint density at radius 1 is 1.04 bits per heavy atom. The van der Waals surface area contributed by atoms with Gasteiger partial charge in [0.15, 0.2) is 5.96 Å². The van der Waals surface area contributed by atoms with Crippen LogP contribution in [0, 0.1) is 0 Å². The lowest BCUT2D eigenvalue weighted by molar-refractivity contribution is 0.296. The summed E-state index contributed by atoms with van der Waals surface area (Å²) < 4.78 is 10.6. The number of hydrogen-bond acceptors (Lipinski definition) is 4. The lowest BCUT2D eigenvalue weighted by atomic mass is 10.1. The van der Waals surface area contributed by atoms with Gasteiger partial charge in [0.25, 0.3) is 0 Å². The van der Waals surface area contributed by atoms with Gasteiger partial charge in [-0.3, -0.25) is 4.90 Å². The summed E-state index contributed by atoms with van der Waals surface area (Å²) in [6.07, 6.45) is 0. The van der Waals surface area contributed by atoms with Crippen LogP contribution in [0.1, 0.15) is 25.0 Å². The average Bonchev–Trinajstić information content (AvgIpc) is 2.70. The van der Waals surface area contributed by atoms with Crippen molar-refractivity contribution in [2.45, 2.75) is 26.9 Å². The fourth-order valence-corrected chi connectivity index (χ4v) is 2.80. The average molecular weight is 370 g/mol. The van der Waals surface area contributed by atoms with Crippen molar-refractivity contribution >= 4 is 11.6 Å². The Bertz CT molecular complexity index is 758. The van der Waals surface area contributed by atoms with Crippen LogP contribution in [-0.2, 0) is 13.1 Å². The van der Waals surface area contributed by atoms with E-state index in [2.05, 4.69) is 53.3 Å². The second-order valence-corrected chi connectivity index (χ2v) is 6.17. The first kappa shape index (κ1) is 20.6. The van der Waals surface area contributed by atoms with Crippen LogP contribution in [-0.4, -0.2) is 38.2 Å². The molecule has 0 saturated carbocycles. The topological polar surface area (TPSA) is 72.1 Å². The molecule has 0 heterocycles. The number of ether oxygens (including phenoxy) is 2. The third-order valence-electron chi connectivity index (χ3n) is 4.39. The SMILES string of the molecule is CCN(CC)Cc1cccc(CN=C(N)Nc2cc(OC)ccc2OC)c1. The fraction of sp³-hybridized carbons (Fsp3) is 0.381. The van der Waals surface area contributed by atoms with Gasteiger partial charge in [0, 0.05) is 12.6 Å². The van der Waals surface area contributed by atoms with Crippen LogP contribution in [0.2, 0.25) is 0 Å². The zero-order chi connectivity index (χ0) is 19.6. The Morgan fingerprint density at radius 2 is 1.78 bits per heavy atom. The smallest absolute Gasteiger partial charge is 0.193 e. The van der Waals surface area contributed by atoms with Gasteiger partial charge in [0.2, 0.25) is 0 Å². The van der Waals surface area contributed by atoms with E-state index in [1.165, 1.54) is 5.56 Å². The highest BCUT2D eigenvalue weighted by Crippen LogP contribution is 2.28. The van der Waals surface area contributed by atoms with E-state index in [-0.39, 0.29) is 0 Å². The summed E-state index contributed by atoms with van der Waals surface area (Å²) in [6.45, 7) is 7.89. The van der Waals surface area contributed by atoms with Crippen LogP contribution >= 0.6 is 0 Å². The predicted octanol–water partition coefficient (Wildman–Crippen LogP) is 3.47. The molecule has 0 aromatic heterocycles. The van der Waals surface area contributed by atoms with Gasteiger partial charge in [0.05, 0.1) is 26.5 Å². The first-order valence-corrected chi connectivity index (χ1v) is 9.18. The second kappa shape index (κ2) is 10.4. The highest BCUT2D eigenvalue weighted by atomic mass is 16.5. The maximum Gasteiger partial charge on any atom is 0.193 e. The van der Waals surface area contributed by atoms with Gasteiger partial charge >= 0.3 is 0 Å². The first-order valence-electron chi connectivity index (χ1n) is 9.18. The van der Waals surface area contributed by atoms with E-state index in [4.69, 9.17) is 15.2 Å². The highest BCUT2D eigenvalue weighted by molar-refractivity contribution is 5.94. The second-order valence-electron chi connectivity index (χ2n) is 6.17.